The summed E-state index contributed by atoms with van der Waals surface area (Å²) >= 11 is 9.12. The largest absolute Gasteiger partial charge is 0.507 e. The Bertz CT molecular complexity index is 1530. The van der Waals surface area contributed by atoms with Crippen LogP contribution in [0.3, 0.4) is 0 Å². The SMILES string of the molecule is C=C(C)[C@@H]1CCC(C)=C[C@H]1c1c(O)cc(C)cc1O.CC(C)[CH2][Al]([CH2]C(C)C)[CH2]C(C)C.CC1=C[C@H]2c3c(O)cc(C)cc3OC(C)(C)[C@@H]2CC1.ClCCl. The number of halogens is 2. The average Bonchev–Trinajstić information content (AvgIpc) is 2.99. The second-order valence-electron chi connectivity index (χ2n) is 18.2. The van der Waals surface area contributed by atoms with E-state index in [0.717, 1.165) is 71.4 Å². The summed E-state index contributed by atoms with van der Waals surface area (Å²) in [6.45, 7) is 32.8. The number of rotatable bonds is 8. The van der Waals surface area contributed by atoms with E-state index in [-0.39, 0.29) is 40.2 Å². The van der Waals surface area contributed by atoms with Crippen LogP contribution < -0.4 is 4.74 Å². The number of aryl methyl sites for hydroxylation is 2. The van der Waals surface area contributed by atoms with Crippen molar-refractivity contribution in [2.24, 2.45) is 29.6 Å². The molecular weight excluding hydrogens is 726 g/mol. The number of hydrogen-bond acceptors (Lipinski definition) is 4. The molecule has 1 heterocycles. The van der Waals surface area contributed by atoms with E-state index < -0.39 is 14.1 Å². The van der Waals surface area contributed by atoms with Crippen molar-refractivity contribution in [1.82, 2.24) is 0 Å². The molecule has 7 heteroatoms. The van der Waals surface area contributed by atoms with Gasteiger partial charge in [0.1, 0.15) is 28.6 Å². The molecule has 2 aliphatic carbocycles. The van der Waals surface area contributed by atoms with Gasteiger partial charge in [-0.05, 0) is 115 Å². The number of ether oxygens (including phenoxy) is 1. The number of fused-ring (bicyclic) bond motifs is 3. The maximum absolute atomic E-state index is 10.3. The minimum atomic E-state index is -0.407. The lowest BCUT2D eigenvalue weighted by Crippen LogP contribution is -2.45. The molecule has 0 radical (unpaired) electrons. The zero-order valence-corrected chi connectivity index (χ0v) is 38.6. The fraction of sp³-hybridized carbons (Fsp3) is 0.617. The number of allylic oxidation sites excluding steroid dienone is 5. The molecule has 302 valence electrons. The number of phenolic OH excluding ortho intramolecular Hbond substituents is 3. The van der Waals surface area contributed by atoms with Crippen molar-refractivity contribution in [2.75, 3.05) is 5.34 Å². The van der Waals surface area contributed by atoms with Gasteiger partial charge in [-0.2, -0.15) is 0 Å². The molecule has 0 bridgehead atoms. The first-order valence-electron chi connectivity index (χ1n) is 20.3. The van der Waals surface area contributed by atoms with E-state index in [9.17, 15) is 15.3 Å². The Morgan fingerprint density at radius 2 is 1.15 bits per heavy atom. The van der Waals surface area contributed by atoms with Gasteiger partial charge in [-0.1, -0.05) is 111 Å². The first-order valence-corrected chi connectivity index (χ1v) is 23.8. The second-order valence-corrected chi connectivity index (χ2v) is 22.1. The molecule has 1 aliphatic heterocycles. The molecule has 0 fully saturated rings. The number of aromatic hydroxyl groups is 3. The molecule has 4 nitrogen and oxygen atoms in total. The Hall–Kier alpha value is -2.03. The highest BCUT2D eigenvalue weighted by Crippen LogP contribution is 2.53. The van der Waals surface area contributed by atoms with Crippen LogP contribution in [0.25, 0.3) is 0 Å². The third kappa shape index (κ3) is 14.5. The summed E-state index contributed by atoms with van der Waals surface area (Å²) in [5, 5.41) is 35.6. The first kappa shape index (κ1) is 48.1. The van der Waals surface area contributed by atoms with E-state index in [4.69, 9.17) is 27.9 Å². The first-order chi connectivity index (χ1) is 25.1. The van der Waals surface area contributed by atoms with Gasteiger partial charge in [0, 0.05) is 28.9 Å². The third-order valence-corrected chi connectivity index (χ3v) is 15.8. The minimum Gasteiger partial charge on any atom is -0.507 e. The minimum absolute atomic E-state index is 0.0202. The molecule has 0 amide bonds. The summed E-state index contributed by atoms with van der Waals surface area (Å²) in [7, 11) is 0. The molecule has 2 aromatic rings. The van der Waals surface area contributed by atoms with Gasteiger partial charge in [-0.15, -0.1) is 23.2 Å². The van der Waals surface area contributed by atoms with Crippen LogP contribution in [-0.2, 0) is 0 Å². The fourth-order valence-corrected chi connectivity index (χ4v) is 13.5. The van der Waals surface area contributed by atoms with Crippen molar-refractivity contribution in [3.05, 3.63) is 82.0 Å². The zero-order valence-electron chi connectivity index (χ0n) is 36.0. The summed E-state index contributed by atoms with van der Waals surface area (Å²) in [5.41, 5.74) is 7.19. The molecule has 5 rings (SSSR count). The van der Waals surface area contributed by atoms with Crippen LogP contribution in [0.4, 0.5) is 0 Å². The van der Waals surface area contributed by atoms with Gasteiger partial charge in [0.05, 0.1) is 5.34 Å². The number of alkyl halides is 2. The van der Waals surface area contributed by atoms with E-state index in [1.54, 1.807) is 28.0 Å². The highest BCUT2D eigenvalue weighted by atomic mass is 35.5. The smallest absolute Gasteiger partial charge is 0.262 e. The predicted molar refractivity (Wildman–Crippen MR) is 237 cm³/mol. The van der Waals surface area contributed by atoms with Crippen LogP contribution >= 0.6 is 23.2 Å². The molecule has 3 N–H and O–H groups in total. The molecule has 0 saturated heterocycles. The molecule has 0 unspecified atom stereocenters. The highest BCUT2D eigenvalue weighted by Gasteiger charge is 2.45. The summed E-state index contributed by atoms with van der Waals surface area (Å²) in [5.74, 6) is 5.40. The standard InChI is InChI=1S/2C17H22O2.3C4H9.CH2Cl2.Al/c1-10-5-6-13-12(7-10)16-14(18)8-11(2)9-15(16)19-17(13,3)4;1-10(2)13-6-5-11(3)7-14(13)17-15(18)8-12(4)9-16(17)19;3*1-4(2)3;2-1-3;/h7-9,12-13,18H,5-6H2,1-4H3;7-9,13-14,18-19H,1,5-6H2,2-4H3;3*4H,1H2,2-3H3;1H2;/t12-,13-;13-,14+;;;;;/m10...../s1. The maximum Gasteiger partial charge on any atom is 0.262 e. The Balaban J connectivity index is 0.000000276. The summed E-state index contributed by atoms with van der Waals surface area (Å²) in [6, 6.07) is 7.31. The van der Waals surface area contributed by atoms with Crippen molar-refractivity contribution in [3.63, 3.8) is 0 Å². The van der Waals surface area contributed by atoms with E-state index in [1.807, 2.05) is 32.9 Å². The lowest BCUT2D eigenvalue weighted by molar-refractivity contribution is 0.0107. The number of hydrogen-bond donors (Lipinski definition) is 3. The third-order valence-electron chi connectivity index (χ3n) is 11.0. The highest BCUT2D eigenvalue weighted by molar-refractivity contribution is 6.58. The second kappa shape index (κ2) is 22.1. The van der Waals surface area contributed by atoms with Crippen LogP contribution in [0, 0.1) is 43.4 Å². The van der Waals surface area contributed by atoms with Crippen molar-refractivity contribution in [1.29, 1.82) is 0 Å². The van der Waals surface area contributed by atoms with Crippen molar-refractivity contribution < 1.29 is 20.1 Å². The van der Waals surface area contributed by atoms with E-state index in [2.05, 4.69) is 88.0 Å². The van der Waals surface area contributed by atoms with Crippen molar-refractivity contribution >= 4 is 37.4 Å². The Morgan fingerprint density at radius 3 is 1.59 bits per heavy atom. The zero-order chi connectivity index (χ0) is 41.1. The topological polar surface area (TPSA) is 69.9 Å². The maximum atomic E-state index is 10.3. The van der Waals surface area contributed by atoms with Crippen molar-refractivity contribution in [2.45, 2.75) is 149 Å². The van der Waals surface area contributed by atoms with Crippen LogP contribution in [0.5, 0.6) is 23.0 Å². The van der Waals surface area contributed by atoms with Gasteiger partial charge in [-0.25, -0.2) is 0 Å². The van der Waals surface area contributed by atoms with Gasteiger partial charge in [0.25, 0.3) is 14.1 Å². The van der Waals surface area contributed by atoms with E-state index >= 15 is 0 Å². The number of benzene rings is 2. The molecule has 3 aliphatic rings. The van der Waals surface area contributed by atoms with Gasteiger partial charge < -0.3 is 20.1 Å². The van der Waals surface area contributed by atoms with Crippen LogP contribution in [0.1, 0.15) is 136 Å². The molecule has 0 aromatic heterocycles. The average molecular weight is 800 g/mol. The lowest BCUT2D eigenvalue weighted by Gasteiger charge is -2.46. The Labute approximate surface area is 344 Å². The number of phenols is 3. The molecule has 4 atom stereocenters. The fourth-order valence-electron chi connectivity index (χ4n) is 8.95. The van der Waals surface area contributed by atoms with Crippen molar-refractivity contribution in [3.8, 4) is 23.0 Å². The van der Waals surface area contributed by atoms with E-state index in [1.165, 1.54) is 11.1 Å². The van der Waals surface area contributed by atoms with Gasteiger partial charge >= 0.3 is 0 Å². The monoisotopic (exact) mass is 798 g/mol. The molecular formula is C47H73AlCl2O4. The van der Waals surface area contributed by atoms with Gasteiger partial charge in [0.15, 0.2) is 0 Å². The lowest BCUT2D eigenvalue weighted by atomic mass is 9.68. The van der Waals surface area contributed by atoms with Crippen LogP contribution in [0.2, 0.25) is 15.8 Å². The Morgan fingerprint density at radius 1 is 0.741 bits per heavy atom. The summed E-state index contributed by atoms with van der Waals surface area (Å²) in [6.07, 6.45) is 8.83. The quantitative estimate of drug-likeness (QED) is 0.141. The van der Waals surface area contributed by atoms with E-state index in [0.29, 0.717) is 17.2 Å². The summed E-state index contributed by atoms with van der Waals surface area (Å²) in [4.78, 5) is 0. The van der Waals surface area contributed by atoms with Gasteiger partial charge in [-0.3, -0.25) is 0 Å². The van der Waals surface area contributed by atoms with Crippen LogP contribution in [-0.4, -0.2) is 40.4 Å². The Kier molecular flexibility index (Phi) is 19.7. The normalized spacial score (nSPS) is 21.1. The van der Waals surface area contributed by atoms with Gasteiger partial charge in [0.2, 0.25) is 0 Å². The van der Waals surface area contributed by atoms with Crippen LogP contribution in [0.15, 0.2) is 59.7 Å². The molecule has 0 spiro atoms. The summed E-state index contributed by atoms with van der Waals surface area (Å²) < 4.78 is 6.20. The molecule has 2 aromatic carbocycles. The predicted octanol–water partition coefficient (Wildman–Crippen LogP) is 14.6. The molecule has 0 saturated carbocycles. The molecule has 54 heavy (non-hydrogen) atoms.